The topological polar surface area (TPSA) is 82.4 Å². The molecule has 1 saturated heterocycles. The highest BCUT2D eigenvalue weighted by Gasteiger charge is 2.22. The molecule has 31 heavy (non-hydrogen) atoms. The monoisotopic (exact) mass is 422 g/mol. The van der Waals surface area contributed by atoms with Crippen molar-refractivity contribution in [2.24, 2.45) is 7.05 Å². The number of amides is 1. The second kappa shape index (κ2) is 9.30. The SMILES string of the molecule is CCN(CC)c1ccc(NC(=O)CN2CCN(c3ncnc4c3cnn4C)CC2)cc1. The van der Waals surface area contributed by atoms with Crippen LogP contribution in [0.2, 0.25) is 0 Å². The third kappa shape index (κ3) is 4.61. The quantitative estimate of drug-likeness (QED) is 0.623. The molecule has 0 aliphatic carbocycles. The maximum atomic E-state index is 12.5. The van der Waals surface area contributed by atoms with Gasteiger partial charge >= 0.3 is 0 Å². The average Bonchev–Trinajstić information content (AvgIpc) is 3.17. The van der Waals surface area contributed by atoms with Crippen LogP contribution in [0.3, 0.4) is 0 Å². The second-order valence-corrected chi connectivity index (χ2v) is 7.73. The second-order valence-electron chi connectivity index (χ2n) is 7.73. The molecule has 1 aromatic carbocycles. The molecule has 9 nitrogen and oxygen atoms in total. The molecule has 0 unspecified atom stereocenters. The van der Waals surface area contributed by atoms with Crippen LogP contribution in [0, 0.1) is 0 Å². The summed E-state index contributed by atoms with van der Waals surface area (Å²) in [6.07, 6.45) is 3.40. The Morgan fingerprint density at radius 1 is 1.06 bits per heavy atom. The van der Waals surface area contributed by atoms with E-state index in [-0.39, 0.29) is 5.91 Å². The summed E-state index contributed by atoms with van der Waals surface area (Å²) in [6.45, 7) is 9.84. The molecule has 0 saturated carbocycles. The molecule has 1 aliphatic heterocycles. The van der Waals surface area contributed by atoms with E-state index in [4.69, 9.17) is 0 Å². The molecule has 3 heterocycles. The Hall–Kier alpha value is -3.20. The number of aromatic nitrogens is 4. The van der Waals surface area contributed by atoms with Gasteiger partial charge in [0, 0.05) is 57.7 Å². The minimum atomic E-state index is 0.0146. The van der Waals surface area contributed by atoms with Crippen LogP contribution in [-0.4, -0.2) is 76.4 Å². The molecule has 2 aromatic heterocycles. The van der Waals surface area contributed by atoms with Gasteiger partial charge in [0.1, 0.15) is 12.1 Å². The van der Waals surface area contributed by atoms with Crippen LogP contribution in [-0.2, 0) is 11.8 Å². The summed E-state index contributed by atoms with van der Waals surface area (Å²) in [5.41, 5.74) is 2.84. The summed E-state index contributed by atoms with van der Waals surface area (Å²) in [5, 5.41) is 8.27. The zero-order valence-electron chi connectivity index (χ0n) is 18.5. The van der Waals surface area contributed by atoms with Crippen LogP contribution in [0.1, 0.15) is 13.8 Å². The molecule has 1 N–H and O–H groups in total. The summed E-state index contributed by atoms with van der Waals surface area (Å²) in [6, 6.07) is 8.06. The van der Waals surface area contributed by atoms with Crippen molar-refractivity contribution >= 4 is 34.1 Å². The number of aryl methyl sites for hydroxylation is 1. The smallest absolute Gasteiger partial charge is 0.238 e. The van der Waals surface area contributed by atoms with E-state index < -0.39 is 0 Å². The Labute approximate surface area is 182 Å². The number of fused-ring (bicyclic) bond motifs is 1. The van der Waals surface area contributed by atoms with Gasteiger partial charge in [-0.1, -0.05) is 0 Å². The minimum absolute atomic E-state index is 0.0146. The summed E-state index contributed by atoms with van der Waals surface area (Å²) in [5.74, 6) is 0.927. The molecule has 0 bridgehead atoms. The van der Waals surface area contributed by atoms with Crippen LogP contribution >= 0.6 is 0 Å². The summed E-state index contributed by atoms with van der Waals surface area (Å²) in [4.78, 5) is 28.0. The summed E-state index contributed by atoms with van der Waals surface area (Å²) < 4.78 is 1.76. The van der Waals surface area contributed by atoms with E-state index in [2.05, 4.69) is 61.1 Å². The van der Waals surface area contributed by atoms with Crippen molar-refractivity contribution in [3.8, 4) is 0 Å². The number of hydrogen-bond donors (Lipinski definition) is 1. The Bertz CT molecular complexity index is 1020. The molecule has 4 rings (SSSR count). The average molecular weight is 423 g/mol. The first-order valence-corrected chi connectivity index (χ1v) is 10.8. The molecule has 1 amide bonds. The first-order chi connectivity index (χ1) is 15.1. The molecule has 0 spiro atoms. The van der Waals surface area contributed by atoms with Gasteiger partial charge in [0.2, 0.25) is 5.91 Å². The van der Waals surface area contributed by atoms with Crippen LogP contribution in [0.5, 0.6) is 0 Å². The number of nitrogens with zero attached hydrogens (tertiary/aromatic N) is 7. The molecular formula is C22H30N8O. The Morgan fingerprint density at radius 3 is 2.45 bits per heavy atom. The third-order valence-corrected chi connectivity index (χ3v) is 5.83. The van der Waals surface area contributed by atoms with E-state index in [0.29, 0.717) is 6.54 Å². The molecule has 0 atom stereocenters. The lowest BCUT2D eigenvalue weighted by molar-refractivity contribution is -0.117. The van der Waals surface area contributed by atoms with Crippen molar-refractivity contribution < 1.29 is 4.79 Å². The number of hydrogen-bond acceptors (Lipinski definition) is 7. The van der Waals surface area contributed by atoms with E-state index >= 15 is 0 Å². The lowest BCUT2D eigenvalue weighted by Gasteiger charge is -2.35. The molecular weight excluding hydrogens is 392 g/mol. The Kier molecular flexibility index (Phi) is 6.31. The highest BCUT2D eigenvalue weighted by atomic mass is 16.2. The Morgan fingerprint density at radius 2 is 1.77 bits per heavy atom. The van der Waals surface area contributed by atoms with Gasteiger partial charge in [-0.15, -0.1) is 0 Å². The van der Waals surface area contributed by atoms with Crippen molar-refractivity contribution in [2.75, 3.05) is 60.9 Å². The third-order valence-electron chi connectivity index (χ3n) is 5.83. The number of piperazine rings is 1. The number of rotatable bonds is 7. The van der Waals surface area contributed by atoms with Gasteiger partial charge in [-0.2, -0.15) is 5.10 Å². The fraction of sp³-hybridized carbons (Fsp3) is 0.455. The molecule has 1 aliphatic rings. The number of carbonyl (C=O) groups is 1. The standard InChI is InChI=1S/C22H30N8O/c1-4-29(5-2)18-8-6-17(7-9-18)26-20(31)15-28-10-12-30(13-11-28)22-19-14-25-27(3)21(19)23-16-24-22/h6-9,14,16H,4-5,10-13,15H2,1-3H3,(H,26,31). The van der Waals surface area contributed by atoms with Gasteiger partial charge in [-0.3, -0.25) is 14.4 Å². The van der Waals surface area contributed by atoms with E-state index in [0.717, 1.165) is 61.8 Å². The van der Waals surface area contributed by atoms with Crippen molar-refractivity contribution in [1.82, 2.24) is 24.6 Å². The normalized spacial score (nSPS) is 14.7. The van der Waals surface area contributed by atoms with Crippen LogP contribution < -0.4 is 15.1 Å². The fourth-order valence-electron chi connectivity index (χ4n) is 4.07. The Balaban J connectivity index is 1.30. The van der Waals surface area contributed by atoms with Crippen molar-refractivity contribution in [3.63, 3.8) is 0 Å². The molecule has 3 aromatic rings. The fourth-order valence-corrected chi connectivity index (χ4v) is 4.07. The molecule has 0 radical (unpaired) electrons. The van der Waals surface area contributed by atoms with Gasteiger partial charge < -0.3 is 15.1 Å². The van der Waals surface area contributed by atoms with Gasteiger partial charge in [0.05, 0.1) is 18.1 Å². The highest BCUT2D eigenvalue weighted by molar-refractivity contribution is 5.92. The van der Waals surface area contributed by atoms with Gasteiger partial charge in [0.25, 0.3) is 0 Å². The number of nitrogens with one attached hydrogen (secondary N) is 1. The lowest BCUT2D eigenvalue weighted by Crippen LogP contribution is -2.49. The van der Waals surface area contributed by atoms with Crippen LogP contribution in [0.15, 0.2) is 36.8 Å². The van der Waals surface area contributed by atoms with Crippen molar-refractivity contribution in [1.29, 1.82) is 0 Å². The van der Waals surface area contributed by atoms with Gasteiger partial charge in [-0.05, 0) is 38.1 Å². The van der Waals surface area contributed by atoms with Gasteiger partial charge in [-0.25, -0.2) is 9.97 Å². The first-order valence-electron chi connectivity index (χ1n) is 10.8. The van der Waals surface area contributed by atoms with E-state index in [1.165, 1.54) is 5.69 Å². The zero-order valence-corrected chi connectivity index (χ0v) is 18.5. The lowest BCUT2D eigenvalue weighted by atomic mass is 10.2. The van der Waals surface area contributed by atoms with Gasteiger partial charge in [0.15, 0.2) is 5.65 Å². The first kappa shape index (κ1) is 21.0. The predicted octanol–water partition coefficient (Wildman–Crippen LogP) is 1.97. The molecule has 164 valence electrons. The van der Waals surface area contributed by atoms with Crippen LogP contribution in [0.25, 0.3) is 11.0 Å². The number of anilines is 3. The summed E-state index contributed by atoms with van der Waals surface area (Å²) >= 11 is 0. The van der Waals surface area contributed by atoms with E-state index in [1.54, 1.807) is 11.0 Å². The predicted molar refractivity (Wildman–Crippen MR) is 124 cm³/mol. The molecule has 9 heteroatoms. The highest BCUT2D eigenvalue weighted by Crippen LogP contribution is 2.23. The van der Waals surface area contributed by atoms with E-state index in [9.17, 15) is 4.79 Å². The maximum absolute atomic E-state index is 12.5. The van der Waals surface area contributed by atoms with Crippen molar-refractivity contribution in [2.45, 2.75) is 13.8 Å². The maximum Gasteiger partial charge on any atom is 0.238 e. The zero-order chi connectivity index (χ0) is 21.8. The molecule has 1 fully saturated rings. The van der Waals surface area contributed by atoms with Crippen molar-refractivity contribution in [3.05, 3.63) is 36.8 Å². The largest absolute Gasteiger partial charge is 0.372 e. The minimum Gasteiger partial charge on any atom is -0.372 e. The number of benzene rings is 1. The summed E-state index contributed by atoms with van der Waals surface area (Å²) in [7, 11) is 1.88. The van der Waals surface area contributed by atoms with E-state index in [1.807, 2.05) is 25.4 Å². The number of carbonyl (C=O) groups excluding carboxylic acids is 1. The van der Waals surface area contributed by atoms with Crippen LogP contribution in [0.4, 0.5) is 17.2 Å².